The van der Waals surface area contributed by atoms with Gasteiger partial charge in [0, 0.05) is 25.1 Å². The highest BCUT2D eigenvalue weighted by Crippen LogP contribution is 2.12. The number of hydrogen-bond donors (Lipinski definition) is 2. The van der Waals surface area contributed by atoms with Crippen molar-refractivity contribution in [1.29, 1.82) is 0 Å². The summed E-state index contributed by atoms with van der Waals surface area (Å²) in [5.74, 6) is 0.126. The Morgan fingerprint density at radius 3 is 2.63 bits per heavy atom. The molecule has 104 valence electrons. The van der Waals surface area contributed by atoms with Gasteiger partial charge in [-0.25, -0.2) is 0 Å². The van der Waals surface area contributed by atoms with E-state index in [1.807, 2.05) is 38.1 Å². The van der Waals surface area contributed by atoms with Crippen LogP contribution in [0.1, 0.15) is 36.2 Å². The van der Waals surface area contributed by atoms with E-state index in [9.17, 15) is 4.79 Å². The predicted octanol–water partition coefficient (Wildman–Crippen LogP) is 1.85. The molecule has 0 unspecified atom stereocenters. The van der Waals surface area contributed by atoms with Crippen LogP contribution in [0.15, 0.2) is 29.4 Å². The molecule has 5 heteroatoms. The van der Waals surface area contributed by atoms with E-state index in [-0.39, 0.29) is 11.7 Å². The summed E-state index contributed by atoms with van der Waals surface area (Å²) in [6.45, 7) is 4.98. The van der Waals surface area contributed by atoms with E-state index >= 15 is 0 Å². The van der Waals surface area contributed by atoms with Crippen molar-refractivity contribution >= 4 is 11.7 Å². The summed E-state index contributed by atoms with van der Waals surface area (Å²) in [6.07, 6.45) is 1.18. The second-order valence-electron chi connectivity index (χ2n) is 4.24. The van der Waals surface area contributed by atoms with Crippen LogP contribution < -0.4 is 5.73 Å². The Bertz CT molecular complexity index is 458. The lowest BCUT2D eigenvalue weighted by atomic mass is 10.0. The van der Waals surface area contributed by atoms with Gasteiger partial charge in [0.15, 0.2) is 0 Å². The zero-order valence-electron chi connectivity index (χ0n) is 11.5. The fourth-order valence-corrected chi connectivity index (χ4v) is 1.91. The Kier molecular flexibility index (Phi) is 5.85. The van der Waals surface area contributed by atoms with Crippen LogP contribution in [-0.4, -0.2) is 34.9 Å². The lowest BCUT2D eigenvalue weighted by Crippen LogP contribution is -2.34. The number of oxime groups is 1. The van der Waals surface area contributed by atoms with Gasteiger partial charge in [0.25, 0.3) is 5.91 Å². The highest BCUT2D eigenvalue weighted by molar-refractivity contribution is 5.96. The SMILES string of the molecule is CCc1ccccc1C(=O)N(CC)CC/C(N)=N/O. The summed E-state index contributed by atoms with van der Waals surface area (Å²) in [6, 6.07) is 7.60. The van der Waals surface area contributed by atoms with Crippen molar-refractivity contribution in [3.63, 3.8) is 0 Å². The summed E-state index contributed by atoms with van der Waals surface area (Å²) in [4.78, 5) is 14.1. The molecule has 0 heterocycles. The van der Waals surface area contributed by atoms with Gasteiger partial charge in [-0.1, -0.05) is 30.3 Å². The van der Waals surface area contributed by atoms with Crippen LogP contribution in [0, 0.1) is 0 Å². The minimum atomic E-state index is -0.00862. The number of carbonyl (C=O) groups excluding carboxylic acids is 1. The van der Waals surface area contributed by atoms with Crippen molar-refractivity contribution in [2.45, 2.75) is 26.7 Å². The van der Waals surface area contributed by atoms with E-state index in [0.717, 1.165) is 17.5 Å². The largest absolute Gasteiger partial charge is 0.409 e. The zero-order valence-corrected chi connectivity index (χ0v) is 11.5. The maximum Gasteiger partial charge on any atom is 0.254 e. The van der Waals surface area contributed by atoms with Gasteiger partial charge in [-0.05, 0) is 25.0 Å². The van der Waals surface area contributed by atoms with Crippen LogP contribution in [0.2, 0.25) is 0 Å². The molecule has 0 fully saturated rings. The summed E-state index contributed by atoms with van der Waals surface area (Å²) in [5, 5.41) is 11.4. The number of amidine groups is 1. The van der Waals surface area contributed by atoms with Gasteiger partial charge in [0.1, 0.15) is 5.84 Å². The van der Waals surface area contributed by atoms with Crippen LogP contribution >= 0.6 is 0 Å². The molecule has 0 spiro atoms. The van der Waals surface area contributed by atoms with Crippen LogP contribution in [-0.2, 0) is 6.42 Å². The molecule has 0 aliphatic carbocycles. The molecule has 0 aliphatic heterocycles. The topological polar surface area (TPSA) is 78.9 Å². The van der Waals surface area contributed by atoms with E-state index in [1.165, 1.54) is 0 Å². The monoisotopic (exact) mass is 263 g/mol. The Balaban J connectivity index is 2.83. The third-order valence-corrected chi connectivity index (χ3v) is 3.06. The molecule has 0 aromatic heterocycles. The summed E-state index contributed by atoms with van der Waals surface area (Å²) in [7, 11) is 0. The van der Waals surface area contributed by atoms with Gasteiger partial charge >= 0.3 is 0 Å². The van der Waals surface area contributed by atoms with Crippen LogP contribution in [0.3, 0.4) is 0 Å². The Hall–Kier alpha value is -2.04. The van der Waals surface area contributed by atoms with Crippen molar-refractivity contribution in [1.82, 2.24) is 4.90 Å². The number of hydrogen-bond acceptors (Lipinski definition) is 3. The quantitative estimate of drug-likeness (QED) is 0.356. The van der Waals surface area contributed by atoms with Gasteiger partial charge in [-0.15, -0.1) is 0 Å². The predicted molar refractivity (Wildman–Crippen MR) is 75.4 cm³/mol. The van der Waals surface area contributed by atoms with Crippen LogP contribution in [0.25, 0.3) is 0 Å². The lowest BCUT2D eigenvalue weighted by molar-refractivity contribution is 0.0767. The lowest BCUT2D eigenvalue weighted by Gasteiger charge is -2.21. The molecule has 0 radical (unpaired) electrons. The zero-order chi connectivity index (χ0) is 14.3. The maximum atomic E-state index is 12.4. The van der Waals surface area contributed by atoms with E-state index in [0.29, 0.717) is 19.5 Å². The van der Waals surface area contributed by atoms with Crippen molar-refractivity contribution in [3.8, 4) is 0 Å². The molecule has 0 bridgehead atoms. The fourth-order valence-electron chi connectivity index (χ4n) is 1.91. The van der Waals surface area contributed by atoms with Gasteiger partial charge in [-0.2, -0.15) is 0 Å². The van der Waals surface area contributed by atoms with E-state index in [1.54, 1.807) is 4.90 Å². The smallest absolute Gasteiger partial charge is 0.254 e. The second-order valence-corrected chi connectivity index (χ2v) is 4.24. The van der Waals surface area contributed by atoms with Gasteiger partial charge in [0.05, 0.1) is 0 Å². The standard InChI is InChI=1S/C14H21N3O2/c1-3-11-7-5-6-8-12(11)14(18)17(4-2)10-9-13(15)16-19/h5-8,19H,3-4,9-10H2,1-2H3,(H2,15,16). The number of rotatable bonds is 6. The molecular formula is C14H21N3O2. The minimum absolute atomic E-state index is 0.00862. The molecule has 5 nitrogen and oxygen atoms in total. The number of benzene rings is 1. The third-order valence-electron chi connectivity index (χ3n) is 3.06. The first-order chi connectivity index (χ1) is 9.13. The molecule has 1 aromatic carbocycles. The summed E-state index contributed by atoms with van der Waals surface area (Å²) in [5.41, 5.74) is 7.20. The molecule has 0 saturated heterocycles. The van der Waals surface area contributed by atoms with E-state index < -0.39 is 0 Å². The van der Waals surface area contributed by atoms with Crippen molar-refractivity contribution in [3.05, 3.63) is 35.4 Å². The third kappa shape index (κ3) is 3.98. The molecule has 0 aliphatic rings. The minimum Gasteiger partial charge on any atom is -0.409 e. The first-order valence-electron chi connectivity index (χ1n) is 6.47. The summed E-state index contributed by atoms with van der Waals surface area (Å²) >= 11 is 0. The second kappa shape index (κ2) is 7.41. The Morgan fingerprint density at radius 1 is 1.37 bits per heavy atom. The average Bonchev–Trinajstić information content (AvgIpc) is 2.47. The van der Waals surface area contributed by atoms with Gasteiger partial charge in [-0.3, -0.25) is 4.79 Å². The normalized spacial score (nSPS) is 11.4. The molecule has 0 saturated carbocycles. The summed E-state index contributed by atoms with van der Waals surface area (Å²) < 4.78 is 0. The number of nitrogens with two attached hydrogens (primary N) is 1. The van der Waals surface area contributed by atoms with Crippen molar-refractivity contribution in [2.75, 3.05) is 13.1 Å². The van der Waals surface area contributed by atoms with E-state index in [4.69, 9.17) is 10.9 Å². The first kappa shape index (κ1) is 15.0. The maximum absolute atomic E-state index is 12.4. The number of carbonyl (C=O) groups is 1. The van der Waals surface area contributed by atoms with Gasteiger partial charge < -0.3 is 15.8 Å². The van der Waals surface area contributed by atoms with E-state index in [2.05, 4.69) is 5.16 Å². The Labute approximate surface area is 113 Å². The molecule has 3 N–H and O–H groups in total. The molecular weight excluding hydrogens is 242 g/mol. The number of amides is 1. The molecule has 19 heavy (non-hydrogen) atoms. The van der Waals surface area contributed by atoms with Crippen molar-refractivity contribution < 1.29 is 10.0 Å². The highest BCUT2D eigenvalue weighted by Gasteiger charge is 2.16. The highest BCUT2D eigenvalue weighted by atomic mass is 16.4. The molecule has 1 amide bonds. The molecule has 1 aromatic rings. The average molecular weight is 263 g/mol. The Morgan fingerprint density at radius 2 is 2.05 bits per heavy atom. The first-order valence-corrected chi connectivity index (χ1v) is 6.47. The fraction of sp³-hybridized carbons (Fsp3) is 0.429. The molecule has 0 atom stereocenters. The van der Waals surface area contributed by atoms with Crippen LogP contribution in [0.4, 0.5) is 0 Å². The number of aryl methyl sites for hydroxylation is 1. The number of nitrogens with zero attached hydrogens (tertiary/aromatic N) is 2. The van der Waals surface area contributed by atoms with Crippen molar-refractivity contribution in [2.24, 2.45) is 10.9 Å². The molecule has 1 rings (SSSR count). The van der Waals surface area contributed by atoms with Gasteiger partial charge in [0.2, 0.25) is 0 Å². The van der Waals surface area contributed by atoms with Crippen LogP contribution in [0.5, 0.6) is 0 Å².